The van der Waals surface area contributed by atoms with Crippen molar-refractivity contribution >= 4 is 33.9 Å². The molecular formula is C31H25N5O2. The van der Waals surface area contributed by atoms with Gasteiger partial charge in [-0.2, -0.15) is 0 Å². The van der Waals surface area contributed by atoms with Crippen LogP contribution in [0.25, 0.3) is 22.1 Å². The molecule has 0 bridgehead atoms. The van der Waals surface area contributed by atoms with Crippen LogP contribution < -0.4 is 0 Å². The van der Waals surface area contributed by atoms with E-state index in [4.69, 9.17) is 9.97 Å². The lowest BCUT2D eigenvalue weighted by Crippen LogP contribution is -2.26. The molecule has 0 aliphatic heterocycles. The van der Waals surface area contributed by atoms with Crippen LogP contribution >= 0.6 is 0 Å². The molecule has 6 aromatic rings. The zero-order chi connectivity index (χ0) is 26.1. The van der Waals surface area contributed by atoms with Gasteiger partial charge >= 0.3 is 0 Å². The summed E-state index contributed by atoms with van der Waals surface area (Å²) >= 11 is 0. The molecule has 0 aliphatic rings. The first kappa shape index (κ1) is 23.5. The number of imidazole rings is 2. The van der Waals surface area contributed by atoms with Crippen molar-refractivity contribution in [2.24, 2.45) is 0 Å². The Labute approximate surface area is 219 Å². The summed E-state index contributed by atoms with van der Waals surface area (Å²) in [4.78, 5) is 38.7. The maximum absolute atomic E-state index is 13.5. The molecule has 0 spiro atoms. The molecule has 7 nitrogen and oxygen atoms in total. The minimum absolute atomic E-state index is 0.130. The summed E-state index contributed by atoms with van der Waals surface area (Å²) in [7, 11) is 1.94. The summed E-state index contributed by atoms with van der Waals surface area (Å²) in [5.74, 6) is 0.989. The summed E-state index contributed by atoms with van der Waals surface area (Å²) < 4.78 is 3.36. The van der Waals surface area contributed by atoms with Crippen LogP contribution in [0, 0.1) is 0 Å². The number of hydrogen-bond acceptors (Lipinski definition) is 5. The lowest BCUT2D eigenvalue weighted by molar-refractivity contribution is 0.0954. The van der Waals surface area contributed by atoms with Crippen molar-refractivity contribution in [3.05, 3.63) is 132 Å². The van der Waals surface area contributed by atoms with E-state index >= 15 is 0 Å². The molecule has 38 heavy (non-hydrogen) atoms. The Morgan fingerprint density at radius 2 is 0.947 bits per heavy atom. The highest BCUT2D eigenvalue weighted by atomic mass is 16.2. The van der Waals surface area contributed by atoms with Crippen LogP contribution in [0.15, 0.2) is 109 Å². The van der Waals surface area contributed by atoms with Crippen LogP contribution in [0.5, 0.6) is 0 Å². The van der Waals surface area contributed by atoms with Crippen molar-refractivity contribution in [1.29, 1.82) is 0 Å². The molecule has 6 rings (SSSR count). The van der Waals surface area contributed by atoms with E-state index in [0.717, 1.165) is 22.1 Å². The van der Waals surface area contributed by atoms with E-state index in [1.807, 2.05) is 121 Å². The van der Waals surface area contributed by atoms with E-state index in [1.165, 1.54) is 0 Å². The van der Waals surface area contributed by atoms with Gasteiger partial charge in [-0.05, 0) is 55.6 Å². The van der Waals surface area contributed by atoms with Crippen LogP contribution in [0.3, 0.4) is 0 Å². The number of benzene rings is 4. The number of aromatic nitrogens is 4. The second-order valence-corrected chi connectivity index (χ2v) is 9.22. The molecule has 2 aromatic heterocycles. The van der Waals surface area contributed by atoms with Crippen molar-refractivity contribution in [2.75, 3.05) is 7.05 Å². The minimum Gasteiger partial charge on any atom is -0.292 e. The van der Waals surface area contributed by atoms with Crippen LogP contribution in [0.4, 0.5) is 0 Å². The quantitative estimate of drug-likeness (QED) is 0.307. The van der Waals surface area contributed by atoms with Crippen molar-refractivity contribution in [3.8, 4) is 0 Å². The SMILES string of the molecule is CN(Cc1nc2ccccc2n1C(=O)c1ccccc1)Cc1nc2ccccc2n1C(=O)c1ccccc1. The molecule has 0 N–H and O–H groups in total. The van der Waals surface area contributed by atoms with Gasteiger partial charge in [-0.15, -0.1) is 0 Å². The minimum atomic E-state index is -0.130. The van der Waals surface area contributed by atoms with Gasteiger partial charge in [-0.1, -0.05) is 60.7 Å². The molecule has 7 heteroatoms. The van der Waals surface area contributed by atoms with Crippen molar-refractivity contribution < 1.29 is 9.59 Å². The Morgan fingerprint density at radius 1 is 0.579 bits per heavy atom. The summed E-state index contributed by atoms with van der Waals surface area (Å²) in [6, 6.07) is 33.7. The molecule has 0 unspecified atom stereocenters. The Morgan fingerprint density at radius 3 is 1.37 bits per heavy atom. The van der Waals surface area contributed by atoms with Crippen LogP contribution in [-0.2, 0) is 13.1 Å². The average molecular weight is 500 g/mol. The lowest BCUT2D eigenvalue weighted by atomic mass is 10.2. The predicted octanol–water partition coefficient (Wildman–Crippen LogP) is 5.40. The third-order valence-electron chi connectivity index (χ3n) is 6.53. The average Bonchev–Trinajstić information content (AvgIpc) is 3.50. The first-order valence-electron chi connectivity index (χ1n) is 12.4. The molecule has 0 radical (unpaired) electrons. The first-order valence-corrected chi connectivity index (χ1v) is 12.4. The summed E-state index contributed by atoms with van der Waals surface area (Å²) in [6.45, 7) is 0.770. The fourth-order valence-corrected chi connectivity index (χ4v) is 4.78. The third kappa shape index (κ3) is 4.29. The highest BCUT2D eigenvalue weighted by Crippen LogP contribution is 2.22. The second-order valence-electron chi connectivity index (χ2n) is 9.22. The summed E-state index contributed by atoms with van der Waals surface area (Å²) in [5, 5.41) is 0. The van der Waals surface area contributed by atoms with Gasteiger partial charge in [-0.25, -0.2) is 9.97 Å². The van der Waals surface area contributed by atoms with E-state index in [2.05, 4.69) is 0 Å². The summed E-state index contributed by atoms with van der Waals surface area (Å²) in [5.41, 5.74) is 4.22. The number of nitrogens with zero attached hydrogens (tertiary/aromatic N) is 5. The Balaban J connectivity index is 1.36. The van der Waals surface area contributed by atoms with Crippen molar-refractivity contribution in [2.45, 2.75) is 13.1 Å². The fraction of sp³-hybridized carbons (Fsp3) is 0.0968. The van der Waals surface area contributed by atoms with Gasteiger partial charge < -0.3 is 0 Å². The standard InChI is InChI=1S/C31H25N5O2/c1-34(20-28-32-24-16-8-10-18-26(24)35(28)30(37)22-12-4-2-5-13-22)21-29-33-25-17-9-11-19-27(25)36(29)31(38)23-14-6-3-7-15-23/h2-19H,20-21H2,1H3. The molecular weight excluding hydrogens is 474 g/mol. The highest BCUT2D eigenvalue weighted by molar-refractivity contribution is 6.02. The molecule has 0 saturated carbocycles. The third-order valence-corrected chi connectivity index (χ3v) is 6.53. The van der Waals surface area contributed by atoms with E-state index in [0.29, 0.717) is 35.9 Å². The normalized spacial score (nSPS) is 11.4. The van der Waals surface area contributed by atoms with Crippen LogP contribution in [0.2, 0.25) is 0 Å². The molecule has 0 saturated heterocycles. The fourth-order valence-electron chi connectivity index (χ4n) is 4.78. The number of hydrogen-bond donors (Lipinski definition) is 0. The van der Waals surface area contributed by atoms with Gasteiger partial charge in [0.25, 0.3) is 11.8 Å². The Bertz CT molecular complexity index is 1640. The second kappa shape index (κ2) is 9.88. The Kier molecular flexibility index (Phi) is 6.11. The molecule has 0 atom stereocenters. The zero-order valence-corrected chi connectivity index (χ0v) is 20.9. The number of fused-ring (bicyclic) bond motifs is 2. The number of para-hydroxylation sites is 4. The monoisotopic (exact) mass is 499 g/mol. The maximum Gasteiger partial charge on any atom is 0.263 e. The largest absolute Gasteiger partial charge is 0.292 e. The first-order chi connectivity index (χ1) is 18.6. The topological polar surface area (TPSA) is 73.0 Å². The number of carbonyl (C=O) groups is 2. The van der Waals surface area contributed by atoms with Gasteiger partial charge in [0, 0.05) is 11.1 Å². The molecule has 186 valence electrons. The molecule has 0 fully saturated rings. The molecule has 4 aromatic carbocycles. The molecule has 0 amide bonds. The van der Waals surface area contributed by atoms with E-state index in [9.17, 15) is 9.59 Å². The number of carbonyl (C=O) groups excluding carboxylic acids is 2. The molecule has 2 heterocycles. The van der Waals surface area contributed by atoms with Gasteiger partial charge in [0.05, 0.1) is 35.2 Å². The Hall–Kier alpha value is -4.88. The van der Waals surface area contributed by atoms with Crippen molar-refractivity contribution in [1.82, 2.24) is 24.0 Å². The van der Waals surface area contributed by atoms with Gasteiger partial charge in [0.15, 0.2) is 0 Å². The van der Waals surface area contributed by atoms with Crippen molar-refractivity contribution in [3.63, 3.8) is 0 Å². The smallest absolute Gasteiger partial charge is 0.263 e. The predicted molar refractivity (Wildman–Crippen MR) is 147 cm³/mol. The van der Waals surface area contributed by atoms with Gasteiger partial charge in [0.2, 0.25) is 0 Å². The zero-order valence-electron chi connectivity index (χ0n) is 20.9. The van der Waals surface area contributed by atoms with Crippen LogP contribution in [-0.4, -0.2) is 42.9 Å². The van der Waals surface area contributed by atoms with E-state index < -0.39 is 0 Å². The van der Waals surface area contributed by atoms with Crippen LogP contribution in [0.1, 0.15) is 32.4 Å². The van der Waals surface area contributed by atoms with E-state index in [1.54, 1.807) is 9.13 Å². The maximum atomic E-state index is 13.5. The molecule has 0 aliphatic carbocycles. The number of rotatable bonds is 6. The van der Waals surface area contributed by atoms with Gasteiger partial charge in [0.1, 0.15) is 11.6 Å². The van der Waals surface area contributed by atoms with Gasteiger partial charge in [-0.3, -0.25) is 23.6 Å². The lowest BCUT2D eigenvalue weighted by Gasteiger charge is -2.17. The van der Waals surface area contributed by atoms with E-state index in [-0.39, 0.29) is 11.8 Å². The summed E-state index contributed by atoms with van der Waals surface area (Å²) in [6.07, 6.45) is 0. The highest BCUT2D eigenvalue weighted by Gasteiger charge is 2.22.